The molecule has 3 heterocycles. The highest BCUT2D eigenvalue weighted by atomic mass is 16.1. The molecule has 21 heavy (non-hydrogen) atoms. The number of aromatic amines is 1. The van der Waals surface area contributed by atoms with Crippen LogP contribution in [0.15, 0.2) is 53.8 Å². The molecule has 0 radical (unpaired) electrons. The lowest BCUT2D eigenvalue weighted by atomic mass is 10.1. The zero-order valence-corrected chi connectivity index (χ0v) is 11.6. The summed E-state index contributed by atoms with van der Waals surface area (Å²) in [6, 6.07) is 7.29. The van der Waals surface area contributed by atoms with E-state index in [1.165, 1.54) is 0 Å². The number of anilines is 1. The second-order valence-corrected chi connectivity index (χ2v) is 4.70. The number of rotatable bonds is 4. The van der Waals surface area contributed by atoms with E-state index in [4.69, 9.17) is 0 Å². The summed E-state index contributed by atoms with van der Waals surface area (Å²) in [7, 11) is 1.86. The SMILES string of the molecule is Cn1cc(-c2c[nH]c(=O)cc2NCc2ccccn2)cn1. The van der Waals surface area contributed by atoms with E-state index in [-0.39, 0.29) is 5.56 Å². The second kappa shape index (κ2) is 5.62. The Labute approximate surface area is 121 Å². The van der Waals surface area contributed by atoms with Gasteiger partial charge >= 0.3 is 0 Å². The van der Waals surface area contributed by atoms with E-state index in [1.54, 1.807) is 29.3 Å². The fourth-order valence-corrected chi connectivity index (χ4v) is 2.11. The van der Waals surface area contributed by atoms with Crippen molar-refractivity contribution in [1.82, 2.24) is 19.7 Å². The first-order valence-electron chi connectivity index (χ1n) is 6.58. The van der Waals surface area contributed by atoms with Gasteiger partial charge in [-0.25, -0.2) is 0 Å². The molecule has 0 aromatic carbocycles. The van der Waals surface area contributed by atoms with E-state index in [0.29, 0.717) is 6.54 Å². The summed E-state index contributed by atoms with van der Waals surface area (Å²) in [5.74, 6) is 0. The van der Waals surface area contributed by atoms with Crippen molar-refractivity contribution >= 4 is 5.69 Å². The Kier molecular flexibility index (Phi) is 3.51. The van der Waals surface area contributed by atoms with E-state index >= 15 is 0 Å². The Hall–Kier alpha value is -2.89. The number of aryl methyl sites for hydroxylation is 1. The molecule has 0 spiro atoms. The molecule has 6 nitrogen and oxygen atoms in total. The summed E-state index contributed by atoms with van der Waals surface area (Å²) in [6.45, 7) is 0.553. The highest BCUT2D eigenvalue weighted by Crippen LogP contribution is 2.25. The quantitative estimate of drug-likeness (QED) is 0.764. The molecule has 0 amide bonds. The number of hydrogen-bond donors (Lipinski definition) is 2. The van der Waals surface area contributed by atoms with Crippen LogP contribution in [-0.2, 0) is 13.6 Å². The van der Waals surface area contributed by atoms with Gasteiger partial charge in [0.25, 0.3) is 0 Å². The fourth-order valence-electron chi connectivity index (χ4n) is 2.11. The molecule has 0 atom stereocenters. The predicted octanol–water partition coefficient (Wildman–Crippen LogP) is 1.78. The standard InChI is InChI=1S/C15H15N5O/c1-20-10-11(7-19-20)13-9-18-15(21)6-14(13)17-8-12-4-2-3-5-16-12/h2-7,9-10H,8H2,1H3,(H2,17,18,21). The van der Waals surface area contributed by atoms with E-state index in [0.717, 1.165) is 22.5 Å². The van der Waals surface area contributed by atoms with Gasteiger partial charge in [-0.3, -0.25) is 14.5 Å². The average Bonchev–Trinajstić information content (AvgIpc) is 2.93. The van der Waals surface area contributed by atoms with Crippen LogP contribution in [0.3, 0.4) is 0 Å². The van der Waals surface area contributed by atoms with Crippen LogP contribution in [0.5, 0.6) is 0 Å². The lowest BCUT2D eigenvalue weighted by molar-refractivity contribution is 0.768. The van der Waals surface area contributed by atoms with Crippen molar-refractivity contribution in [2.45, 2.75) is 6.54 Å². The molecular weight excluding hydrogens is 266 g/mol. The van der Waals surface area contributed by atoms with Crippen LogP contribution >= 0.6 is 0 Å². The van der Waals surface area contributed by atoms with Crippen molar-refractivity contribution in [2.24, 2.45) is 7.05 Å². The highest BCUT2D eigenvalue weighted by molar-refractivity contribution is 5.76. The van der Waals surface area contributed by atoms with Crippen LogP contribution in [-0.4, -0.2) is 19.7 Å². The third-order valence-electron chi connectivity index (χ3n) is 3.13. The van der Waals surface area contributed by atoms with Gasteiger partial charge in [0.2, 0.25) is 5.56 Å². The molecule has 0 saturated heterocycles. The van der Waals surface area contributed by atoms with E-state index in [1.807, 2.05) is 31.4 Å². The third kappa shape index (κ3) is 3.00. The summed E-state index contributed by atoms with van der Waals surface area (Å²) in [5.41, 5.74) is 3.37. The Morgan fingerprint density at radius 1 is 1.38 bits per heavy atom. The Balaban J connectivity index is 1.90. The Morgan fingerprint density at radius 2 is 2.29 bits per heavy atom. The van der Waals surface area contributed by atoms with Crippen LogP contribution in [0.4, 0.5) is 5.69 Å². The average molecular weight is 281 g/mol. The van der Waals surface area contributed by atoms with E-state index < -0.39 is 0 Å². The molecule has 3 aromatic rings. The van der Waals surface area contributed by atoms with Gasteiger partial charge in [0.1, 0.15) is 0 Å². The van der Waals surface area contributed by atoms with Crippen LogP contribution in [0.25, 0.3) is 11.1 Å². The molecule has 0 saturated carbocycles. The third-order valence-corrected chi connectivity index (χ3v) is 3.13. The van der Waals surface area contributed by atoms with E-state index in [2.05, 4.69) is 20.4 Å². The topological polar surface area (TPSA) is 75.6 Å². The van der Waals surface area contributed by atoms with Crippen molar-refractivity contribution < 1.29 is 0 Å². The summed E-state index contributed by atoms with van der Waals surface area (Å²) in [5, 5.41) is 7.42. The van der Waals surface area contributed by atoms with Gasteiger partial charge in [0.15, 0.2) is 0 Å². The lowest BCUT2D eigenvalue weighted by Crippen LogP contribution is -2.09. The lowest BCUT2D eigenvalue weighted by Gasteiger charge is -2.10. The largest absolute Gasteiger partial charge is 0.379 e. The van der Waals surface area contributed by atoms with Gasteiger partial charge in [0, 0.05) is 48.5 Å². The molecule has 0 aliphatic carbocycles. The molecular formula is C15H15N5O. The molecule has 6 heteroatoms. The zero-order chi connectivity index (χ0) is 14.7. The monoisotopic (exact) mass is 281 g/mol. The van der Waals surface area contributed by atoms with Gasteiger partial charge in [0.05, 0.1) is 18.4 Å². The summed E-state index contributed by atoms with van der Waals surface area (Å²) < 4.78 is 1.73. The Morgan fingerprint density at radius 3 is 3.00 bits per heavy atom. The summed E-state index contributed by atoms with van der Waals surface area (Å²) >= 11 is 0. The van der Waals surface area contributed by atoms with Gasteiger partial charge in [-0.05, 0) is 12.1 Å². The van der Waals surface area contributed by atoms with Crippen LogP contribution in [0.1, 0.15) is 5.69 Å². The van der Waals surface area contributed by atoms with Gasteiger partial charge in [-0.1, -0.05) is 6.07 Å². The van der Waals surface area contributed by atoms with E-state index in [9.17, 15) is 4.79 Å². The molecule has 0 aliphatic rings. The number of hydrogen-bond acceptors (Lipinski definition) is 4. The van der Waals surface area contributed by atoms with Crippen LogP contribution in [0.2, 0.25) is 0 Å². The second-order valence-electron chi connectivity index (χ2n) is 4.70. The zero-order valence-electron chi connectivity index (χ0n) is 11.6. The van der Waals surface area contributed by atoms with Crippen molar-refractivity contribution in [1.29, 1.82) is 0 Å². The molecule has 0 unspecified atom stereocenters. The van der Waals surface area contributed by atoms with Crippen LogP contribution in [0, 0.1) is 0 Å². The maximum atomic E-state index is 11.6. The number of pyridine rings is 2. The fraction of sp³-hybridized carbons (Fsp3) is 0.133. The summed E-state index contributed by atoms with van der Waals surface area (Å²) in [4.78, 5) is 18.5. The molecule has 106 valence electrons. The maximum absolute atomic E-state index is 11.6. The Bertz CT molecular complexity index is 791. The first kappa shape index (κ1) is 13.1. The normalized spacial score (nSPS) is 10.5. The van der Waals surface area contributed by atoms with Gasteiger partial charge in [-0.15, -0.1) is 0 Å². The maximum Gasteiger partial charge on any atom is 0.250 e. The minimum atomic E-state index is -0.147. The van der Waals surface area contributed by atoms with Crippen LogP contribution < -0.4 is 10.9 Å². The number of aromatic nitrogens is 4. The number of nitrogens with one attached hydrogen (secondary N) is 2. The minimum Gasteiger partial charge on any atom is -0.379 e. The van der Waals surface area contributed by atoms with Crippen molar-refractivity contribution in [3.8, 4) is 11.1 Å². The molecule has 0 aliphatic heterocycles. The molecule has 0 fully saturated rings. The number of nitrogens with zero attached hydrogens (tertiary/aromatic N) is 3. The molecule has 2 N–H and O–H groups in total. The van der Waals surface area contributed by atoms with Crippen molar-refractivity contribution in [3.63, 3.8) is 0 Å². The molecule has 0 bridgehead atoms. The molecule has 3 rings (SSSR count). The highest BCUT2D eigenvalue weighted by Gasteiger charge is 2.08. The molecule has 3 aromatic heterocycles. The van der Waals surface area contributed by atoms with Crippen molar-refractivity contribution in [2.75, 3.05) is 5.32 Å². The van der Waals surface area contributed by atoms with Gasteiger partial charge < -0.3 is 10.3 Å². The first-order chi connectivity index (χ1) is 10.2. The van der Waals surface area contributed by atoms with Crippen molar-refractivity contribution in [3.05, 3.63) is 65.1 Å². The number of H-pyrrole nitrogens is 1. The minimum absolute atomic E-state index is 0.147. The smallest absolute Gasteiger partial charge is 0.250 e. The van der Waals surface area contributed by atoms with Gasteiger partial charge in [-0.2, -0.15) is 5.10 Å². The predicted molar refractivity (Wildman–Crippen MR) is 80.8 cm³/mol. The summed E-state index contributed by atoms with van der Waals surface area (Å²) in [6.07, 6.45) is 7.11. The first-order valence-corrected chi connectivity index (χ1v) is 6.58.